The highest BCUT2D eigenvalue weighted by Gasteiger charge is 2.45. The zero-order valence-corrected chi connectivity index (χ0v) is 16.7. The van der Waals surface area contributed by atoms with Crippen molar-refractivity contribution in [3.63, 3.8) is 0 Å². The molecule has 0 bridgehead atoms. The molecule has 0 aliphatic carbocycles. The number of anilines is 2. The molecule has 4 atom stereocenters. The second-order valence-corrected chi connectivity index (χ2v) is 7.29. The number of fused-ring (bicyclic) bond motifs is 1. The predicted molar refractivity (Wildman–Crippen MR) is 110 cm³/mol. The Morgan fingerprint density at radius 1 is 1.23 bits per heavy atom. The minimum Gasteiger partial charge on any atom is -0.394 e. The summed E-state index contributed by atoms with van der Waals surface area (Å²) in [5.74, 6) is 0.207. The SMILES string of the molecule is Nc1ncnc2c1nc(N/N=C/c1c(Cl)cccc1Cl)n2[C@H]1O[C@@H](CO)[C@H](O)[C@@H]1O. The van der Waals surface area contributed by atoms with Gasteiger partial charge in [-0.2, -0.15) is 5.10 Å². The number of rotatable bonds is 5. The number of ether oxygens (including phenoxy) is 1. The number of halogens is 2. The molecular weight excluding hydrogens is 437 g/mol. The number of nitrogens with two attached hydrogens (primary N) is 1. The van der Waals surface area contributed by atoms with Crippen LogP contribution in [0.2, 0.25) is 10.0 Å². The van der Waals surface area contributed by atoms with E-state index < -0.39 is 31.1 Å². The number of hydrogen-bond donors (Lipinski definition) is 5. The molecule has 1 saturated heterocycles. The van der Waals surface area contributed by atoms with Crippen LogP contribution in [0.5, 0.6) is 0 Å². The molecule has 1 aromatic carbocycles. The molecular formula is C17H17Cl2N7O4. The van der Waals surface area contributed by atoms with Gasteiger partial charge in [0.2, 0.25) is 5.95 Å². The van der Waals surface area contributed by atoms with Gasteiger partial charge in [0.05, 0.1) is 22.9 Å². The summed E-state index contributed by atoms with van der Waals surface area (Å²) < 4.78 is 6.99. The third-order valence-corrected chi connectivity index (χ3v) is 5.29. The highest BCUT2D eigenvalue weighted by molar-refractivity contribution is 6.38. The van der Waals surface area contributed by atoms with Crippen LogP contribution in [0.4, 0.5) is 11.8 Å². The molecule has 0 saturated carbocycles. The molecule has 13 heteroatoms. The van der Waals surface area contributed by atoms with Gasteiger partial charge < -0.3 is 25.8 Å². The molecule has 1 aliphatic rings. The third kappa shape index (κ3) is 3.55. The van der Waals surface area contributed by atoms with Gasteiger partial charge in [0.1, 0.15) is 24.6 Å². The Morgan fingerprint density at radius 2 is 1.97 bits per heavy atom. The second-order valence-electron chi connectivity index (χ2n) is 6.47. The fourth-order valence-electron chi connectivity index (χ4n) is 3.13. The molecule has 1 fully saturated rings. The number of hydrazone groups is 1. The number of nitrogen functional groups attached to an aromatic ring is 1. The van der Waals surface area contributed by atoms with E-state index in [9.17, 15) is 15.3 Å². The molecule has 11 nitrogen and oxygen atoms in total. The molecule has 2 aromatic heterocycles. The summed E-state index contributed by atoms with van der Waals surface area (Å²) >= 11 is 12.3. The Kier molecular flexibility index (Phi) is 5.73. The largest absolute Gasteiger partial charge is 0.394 e. The summed E-state index contributed by atoms with van der Waals surface area (Å²) in [7, 11) is 0. The van der Waals surface area contributed by atoms with Crippen LogP contribution in [0.15, 0.2) is 29.6 Å². The topological polar surface area (TPSA) is 164 Å². The Labute approximate surface area is 179 Å². The van der Waals surface area contributed by atoms with E-state index in [0.29, 0.717) is 15.6 Å². The van der Waals surface area contributed by atoms with Crippen LogP contribution in [0.3, 0.4) is 0 Å². The molecule has 0 spiro atoms. The summed E-state index contributed by atoms with van der Waals surface area (Å²) in [5.41, 5.74) is 9.58. The Balaban J connectivity index is 1.74. The summed E-state index contributed by atoms with van der Waals surface area (Å²) in [6, 6.07) is 5.04. The van der Waals surface area contributed by atoms with Crippen molar-refractivity contribution in [2.45, 2.75) is 24.5 Å². The molecule has 1 aliphatic heterocycles. The minimum absolute atomic E-state index is 0.103. The number of nitrogens with one attached hydrogen (secondary N) is 1. The Morgan fingerprint density at radius 3 is 2.63 bits per heavy atom. The number of aliphatic hydroxyl groups excluding tert-OH is 3. The van der Waals surface area contributed by atoms with Crippen molar-refractivity contribution in [3.8, 4) is 0 Å². The average Bonchev–Trinajstić information content (AvgIpc) is 3.22. The van der Waals surface area contributed by atoms with Crippen molar-refractivity contribution in [2.75, 3.05) is 17.8 Å². The lowest BCUT2D eigenvalue weighted by Crippen LogP contribution is -2.33. The first kappa shape index (κ1) is 20.7. The van der Waals surface area contributed by atoms with E-state index in [0.717, 1.165) is 0 Å². The van der Waals surface area contributed by atoms with Crippen LogP contribution in [0, 0.1) is 0 Å². The van der Waals surface area contributed by atoms with Gasteiger partial charge in [-0.15, -0.1) is 0 Å². The van der Waals surface area contributed by atoms with Crippen molar-refractivity contribution in [2.24, 2.45) is 5.10 Å². The van der Waals surface area contributed by atoms with Crippen molar-refractivity contribution < 1.29 is 20.1 Å². The number of aromatic nitrogens is 4. The van der Waals surface area contributed by atoms with Gasteiger partial charge in [-0.05, 0) is 12.1 Å². The van der Waals surface area contributed by atoms with E-state index in [2.05, 4.69) is 25.5 Å². The Hall–Kier alpha value is -2.54. The van der Waals surface area contributed by atoms with E-state index >= 15 is 0 Å². The van der Waals surface area contributed by atoms with Crippen LogP contribution in [-0.2, 0) is 4.74 Å². The molecule has 0 radical (unpaired) electrons. The first-order valence-electron chi connectivity index (χ1n) is 8.76. The summed E-state index contributed by atoms with van der Waals surface area (Å²) in [4.78, 5) is 12.4. The fraction of sp³-hybridized carbons (Fsp3) is 0.294. The van der Waals surface area contributed by atoms with Gasteiger partial charge in [0.25, 0.3) is 0 Å². The maximum atomic E-state index is 10.4. The van der Waals surface area contributed by atoms with E-state index in [4.69, 9.17) is 33.7 Å². The van der Waals surface area contributed by atoms with Gasteiger partial charge in [0, 0.05) is 5.56 Å². The normalized spacial score (nSPS) is 24.2. The monoisotopic (exact) mass is 453 g/mol. The zero-order chi connectivity index (χ0) is 21.4. The quantitative estimate of drug-likeness (QED) is 0.277. The van der Waals surface area contributed by atoms with Gasteiger partial charge in [-0.3, -0.25) is 4.57 Å². The van der Waals surface area contributed by atoms with Gasteiger partial charge in [0.15, 0.2) is 23.2 Å². The standard InChI is InChI=1S/C17H17Cl2N7O4/c18-8-2-1-3-9(19)7(8)4-23-25-17-24-11-14(20)21-6-22-15(11)26(17)16-13(29)12(28)10(5-27)30-16/h1-4,6,10,12-13,16,27-29H,5H2,(H,24,25)(H2,20,21,22)/b23-4+/t10-,12-,13-,16-/m0/s1. The smallest absolute Gasteiger partial charge is 0.228 e. The lowest BCUT2D eigenvalue weighted by atomic mass is 10.1. The first-order chi connectivity index (χ1) is 14.4. The van der Waals surface area contributed by atoms with E-state index in [1.807, 2.05) is 0 Å². The van der Waals surface area contributed by atoms with Gasteiger partial charge in [-0.1, -0.05) is 29.3 Å². The van der Waals surface area contributed by atoms with Gasteiger partial charge in [-0.25, -0.2) is 20.4 Å². The molecule has 158 valence electrons. The molecule has 6 N–H and O–H groups in total. The van der Waals surface area contributed by atoms with Crippen LogP contribution < -0.4 is 11.2 Å². The van der Waals surface area contributed by atoms with Crippen molar-refractivity contribution in [1.29, 1.82) is 0 Å². The Bertz CT molecular complexity index is 1090. The van der Waals surface area contributed by atoms with Crippen LogP contribution >= 0.6 is 23.2 Å². The van der Waals surface area contributed by atoms with Crippen LogP contribution in [-0.4, -0.2) is 66.0 Å². The number of imidazole rings is 1. The van der Waals surface area contributed by atoms with E-state index in [1.165, 1.54) is 17.1 Å². The lowest BCUT2D eigenvalue weighted by Gasteiger charge is -2.18. The summed E-state index contributed by atoms with van der Waals surface area (Å²) in [5, 5.41) is 34.9. The number of nitrogens with zero attached hydrogens (tertiary/aromatic N) is 5. The van der Waals surface area contributed by atoms with Crippen LogP contribution in [0.1, 0.15) is 11.8 Å². The third-order valence-electron chi connectivity index (χ3n) is 4.63. The molecule has 3 aromatic rings. The molecule has 0 unspecified atom stereocenters. The second kappa shape index (κ2) is 8.30. The minimum atomic E-state index is -1.36. The van der Waals surface area contributed by atoms with Crippen molar-refractivity contribution in [3.05, 3.63) is 40.1 Å². The first-order valence-corrected chi connectivity index (χ1v) is 9.52. The maximum Gasteiger partial charge on any atom is 0.228 e. The highest BCUT2D eigenvalue weighted by atomic mass is 35.5. The van der Waals surface area contributed by atoms with Gasteiger partial charge >= 0.3 is 0 Å². The predicted octanol–water partition coefficient (Wildman–Crippen LogP) is 0.773. The van der Waals surface area contributed by atoms with E-state index in [1.54, 1.807) is 18.2 Å². The highest BCUT2D eigenvalue weighted by Crippen LogP contribution is 2.35. The van der Waals surface area contributed by atoms with Crippen molar-refractivity contribution >= 4 is 52.3 Å². The van der Waals surface area contributed by atoms with Crippen molar-refractivity contribution in [1.82, 2.24) is 19.5 Å². The van der Waals surface area contributed by atoms with Crippen LogP contribution in [0.25, 0.3) is 11.2 Å². The van der Waals surface area contributed by atoms with E-state index in [-0.39, 0.29) is 22.9 Å². The fourth-order valence-corrected chi connectivity index (χ4v) is 3.62. The number of hydrogen-bond acceptors (Lipinski definition) is 10. The molecule has 3 heterocycles. The maximum absolute atomic E-state index is 10.4. The summed E-state index contributed by atoms with van der Waals surface area (Å²) in [6.07, 6.45) is -2.14. The molecule has 0 amide bonds. The molecule has 30 heavy (non-hydrogen) atoms. The number of aliphatic hydroxyl groups is 3. The summed E-state index contributed by atoms with van der Waals surface area (Å²) in [6.45, 7) is -0.482. The number of benzene rings is 1. The zero-order valence-electron chi connectivity index (χ0n) is 15.2. The molecule has 4 rings (SSSR count). The lowest BCUT2D eigenvalue weighted by molar-refractivity contribution is -0.0501. The average molecular weight is 454 g/mol.